The predicted octanol–water partition coefficient (Wildman–Crippen LogP) is 9.00. The Hall–Kier alpha value is -4.36. The fraction of sp³-hybridized carbons (Fsp3) is 0.0303. The van der Waals surface area contributed by atoms with Gasteiger partial charge in [-0.25, -0.2) is 0 Å². The summed E-state index contributed by atoms with van der Waals surface area (Å²) in [4.78, 5) is 0. The molecule has 6 rings (SSSR count). The minimum atomic E-state index is 0.864. The topological polar surface area (TPSA) is 9.23 Å². The van der Waals surface area contributed by atoms with E-state index in [9.17, 15) is 0 Å². The second-order valence-corrected chi connectivity index (χ2v) is 8.48. The summed E-state index contributed by atoms with van der Waals surface area (Å²) in [5.41, 5.74) is 7.41. The molecule has 0 N–H and O–H groups in total. The highest BCUT2D eigenvalue weighted by molar-refractivity contribution is 6.24. The van der Waals surface area contributed by atoms with Crippen LogP contribution in [0.4, 0.5) is 0 Å². The molecule has 162 valence electrons. The number of ether oxygens (including phenoxy) is 1. The van der Waals surface area contributed by atoms with Gasteiger partial charge in [0.25, 0.3) is 0 Å². The molecule has 0 radical (unpaired) electrons. The SMILES string of the molecule is COc1ccc(-c2cccc3c(-c4ccccc4)c4ccccc4c(-c4ccccc4)c23)cc1. The van der Waals surface area contributed by atoms with Gasteiger partial charge in [0.1, 0.15) is 5.75 Å². The second-order valence-electron chi connectivity index (χ2n) is 8.48. The first-order valence-electron chi connectivity index (χ1n) is 11.6. The molecule has 6 aromatic carbocycles. The van der Waals surface area contributed by atoms with Crippen molar-refractivity contribution in [1.29, 1.82) is 0 Å². The Morgan fingerprint density at radius 3 is 1.56 bits per heavy atom. The van der Waals surface area contributed by atoms with Gasteiger partial charge in [0.2, 0.25) is 0 Å². The van der Waals surface area contributed by atoms with Gasteiger partial charge in [-0.3, -0.25) is 0 Å². The number of fused-ring (bicyclic) bond motifs is 2. The lowest BCUT2D eigenvalue weighted by Crippen LogP contribution is -1.93. The summed E-state index contributed by atoms with van der Waals surface area (Å²) in [5.74, 6) is 0.864. The van der Waals surface area contributed by atoms with Crippen LogP contribution in [0.1, 0.15) is 0 Å². The lowest BCUT2D eigenvalue weighted by Gasteiger charge is -2.20. The molecule has 0 saturated heterocycles. The molecule has 0 unspecified atom stereocenters. The lowest BCUT2D eigenvalue weighted by molar-refractivity contribution is 0.415. The Labute approximate surface area is 199 Å². The molecule has 34 heavy (non-hydrogen) atoms. The molecule has 0 heterocycles. The summed E-state index contributed by atoms with van der Waals surface area (Å²) in [7, 11) is 1.71. The molecule has 0 aliphatic carbocycles. The van der Waals surface area contributed by atoms with Crippen LogP contribution < -0.4 is 4.74 Å². The standard InChI is InChI=1S/C33H24O/c1-34-26-21-19-23(20-22-26)27-17-10-18-30-31(24-11-4-2-5-12-24)28-15-8-9-16-29(28)32(33(27)30)25-13-6-3-7-14-25/h2-22H,1H3. The summed E-state index contributed by atoms with van der Waals surface area (Å²) < 4.78 is 5.42. The molecule has 0 amide bonds. The van der Waals surface area contributed by atoms with Gasteiger partial charge in [-0.2, -0.15) is 0 Å². The highest BCUT2D eigenvalue weighted by atomic mass is 16.5. The van der Waals surface area contributed by atoms with Crippen LogP contribution in [0.15, 0.2) is 127 Å². The maximum absolute atomic E-state index is 5.42. The van der Waals surface area contributed by atoms with E-state index in [4.69, 9.17) is 4.74 Å². The smallest absolute Gasteiger partial charge is 0.118 e. The van der Waals surface area contributed by atoms with Crippen molar-refractivity contribution < 1.29 is 4.74 Å². The molecule has 6 aromatic rings. The fourth-order valence-electron chi connectivity index (χ4n) is 5.06. The zero-order valence-electron chi connectivity index (χ0n) is 19.0. The molecule has 0 saturated carbocycles. The van der Waals surface area contributed by atoms with E-state index < -0.39 is 0 Å². The predicted molar refractivity (Wildman–Crippen MR) is 144 cm³/mol. The average Bonchev–Trinajstić information content (AvgIpc) is 2.92. The van der Waals surface area contributed by atoms with Gasteiger partial charge >= 0.3 is 0 Å². The number of hydrogen-bond acceptors (Lipinski definition) is 1. The van der Waals surface area contributed by atoms with Crippen LogP contribution in [0, 0.1) is 0 Å². The summed E-state index contributed by atoms with van der Waals surface area (Å²) in [6.45, 7) is 0. The molecule has 0 aliphatic rings. The third-order valence-corrected chi connectivity index (χ3v) is 6.58. The summed E-state index contributed by atoms with van der Waals surface area (Å²) in [6, 6.07) is 45.4. The van der Waals surface area contributed by atoms with Crippen LogP contribution in [-0.2, 0) is 0 Å². The van der Waals surface area contributed by atoms with E-state index in [2.05, 4.69) is 115 Å². The zero-order chi connectivity index (χ0) is 22.9. The van der Waals surface area contributed by atoms with Crippen molar-refractivity contribution in [2.75, 3.05) is 7.11 Å². The monoisotopic (exact) mass is 436 g/mol. The lowest BCUT2D eigenvalue weighted by atomic mass is 9.83. The van der Waals surface area contributed by atoms with Crippen LogP contribution in [0.25, 0.3) is 54.9 Å². The van der Waals surface area contributed by atoms with Gasteiger partial charge in [0.15, 0.2) is 0 Å². The molecule has 0 fully saturated rings. The maximum atomic E-state index is 5.42. The van der Waals surface area contributed by atoms with E-state index >= 15 is 0 Å². The molecule has 0 bridgehead atoms. The van der Waals surface area contributed by atoms with Crippen LogP contribution in [0.5, 0.6) is 5.75 Å². The van der Waals surface area contributed by atoms with Crippen molar-refractivity contribution >= 4 is 21.5 Å². The number of rotatable bonds is 4. The normalized spacial score (nSPS) is 11.1. The summed E-state index contributed by atoms with van der Waals surface area (Å²) >= 11 is 0. The van der Waals surface area contributed by atoms with Gasteiger partial charge in [-0.1, -0.05) is 115 Å². The molecule has 0 spiro atoms. The highest BCUT2D eigenvalue weighted by Gasteiger charge is 2.19. The Bertz CT molecular complexity index is 1600. The third-order valence-electron chi connectivity index (χ3n) is 6.58. The number of benzene rings is 6. The Morgan fingerprint density at radius 1 is 0.412 bits per heavy atom. The Morgan fingerprint density at radius 2 is 0.941 bits per heavy atom. The van der Waals surface area contributed by atoms with Gasteiger partial charge in [-0.05, 0) is 67.1 Å². The molecule has 0 atom stereocenters. The summed E-state index contributed by atoms with van der Waals surface area (Å²) in [5, 5.41) is 5.07. The first-order valence-corrected chi connectivity index (χ1v) is 11.6. The van der Waals surface area contributed by atoms with E-state index in [0.29, 0.717) is 0 Å². The van der Waals surface area contributed by atoms with Crippen molar-refractivity contribution in [2.24, 2.45) is 0 Å². The van der Waals surface area contributed by atoms with E-state index in [1.807, 2.05) is 12.1 Å². The Balaban J connectivity index is 1.82. The van der Waals surface area contributed by atoms with E-state index in [1.54, 1.807) is 7.11 Å². The highest BCUT2D eigenvalue weighted by Crippen LogP contribution is 2.46. The van der Waals surface area contributed by atoms with Crippen molar-refractivity contribution in [2.45, 2.75) is 0 Å². The molecule has 0 aliphatic heterocycles. The maximum Gasteiger partial charge on any atom is 0.118 e. The van der Waals surface area contributed by atoms with Crippen molar-refractivity contribution in [3.05, 3.63) is 127 Å². The number of hydrogen-bond donors (Lipinski definition) is 0. The minimum Gasteiger partial charge on any atom is -0.497 e. The van der Waals surface area contributed by atoms with Crippen molar-refractivity contribution in [3.63, 3.8) is 0 Å². The first-order chi connectivity index (χ1) is 16.8. The zero-order valence-corrected chi connectivity index (χ0v) is 19.0. The molecule has 1 nitrogen and oxygen atoms in total. The van der Waals surface area contributed by atoms with Crippen molar-refractivity contribution in [1.82, 2.24) is 0 Å². The van der Waals surface area contributed by atoms with Gasteiger partial charge in [0.05, 0.1) is 7.11 Å². The largest absolute Gasteiger partial charge is 0.497 e. The minimum absolute atomic E-state index is 0.864. The van der Waals surface area contributed by atoms with E-state index in [-0.39, 0.29) is 0 Å². The second kappa shape index (κ2) is 8.53. The van der Waals surface area contributed by atoms with Crippen LogP contribution in [0.3, 0.4) is 0 Å². The van der Waals surface area contributed by atoms with Crippen LogP contribution in [-0.4, -0.2) is 7.11 Å². The average molecular weight is 437 g/mol. The molecule has 1 heteroatoms. The quantitative estimate of drug-likeness (QED) is 0.251. The van der Waals surface area contributed by atoms with E-state index in [0.717, 1.165) is 5.75 Å². The first kappa shape index (κ1) is 20.3. The van der Waals surface area contributed by atoms with Crippen molar-refractivity contribution in [3.8, 4) is 39.1 Å². The number of methoxy groups -OCH3 is 1. The molecular formula is C33H24O. The molecular weight excluding hydrogens is 412 g/mol. The van der Waals surface area contributed by atoms with Gasteiger partial charge in [-0.15, -0.1) is 0 Å². The molecule has 0 aromatic heterocycles. The van der Waals surface area contributed by atoms with Gasteiger partial charge < -0.3 is 4.74 Å². The fourth-order valence-corrected chi connectivity index (χ4v) is 5.06. The van der Waals surface area contributed by atoms with Crippen LogP contribution >= 0.6 is 0 Å². The Kier molecular flexibility index (Phi) is 5.08. The third kappa shape index (κ3) is 3.34. The van der Waals surface area contributed by atoms with Gasteiger partial charge in [0, 0.05) is 0 Å². The summed E-state index contributed by atoms with van der Waals surface area (Å²) in [6.07, 6.45) is 0. The van der Waals surface area contributed by atoms with E-state index in [1.165, 1.54) is 54.9 Å². The van der Waals surface area contributed by atoms with Crippen LogP contribution in [0.2, 0.25) is 0 Å².